The van der Waals surface area contributed by atoms with Crippen LogP contribution >= 0.6 is 0 Å². The van der Waals surface area contributed by atoms with Crippen molar-refractivity contribution in [3.05, 3.63) is 0 Å². The summed E-state index contributed by atoms with van der Waals surface area (Å²) in [5, 5.41) is 9.68. The number of hydrogen-bond acceptors (Lipinski definition) is 2. The van der Waals surface area contributed by atoms with Crippen LogP contribution in [0.15, 0.2) is 0 Å². The average Bonchev–Trinajstić information content (AvgIpc) is 1.92. The number of Topliss-reactive ketones (excluding diaryl/α,β-unsaturated/α-hetero) is 1. The Hall–Kier alpha value is -0.370. The van der Waals surface area contributed by atoms with E-state index in [2.05, 4.69) is 20.8 Å². The summed E-state index contributed by atoms with van der Waals surface area (Å²) in [4.78, 5) is 11.5. The smallest absolute Gasteiger partial charge is 0.164 e. The number of carbonyl (C=O) groups is 1. The van der Waals surface area contributed by atoms with Crippen LogP contribution in [0, 0.1) is 11.3 Å². The molecule has 1 saturated carbocycles. The maximum absolute atomic E-state index is 11.5. The molecule has 1 aliphatic carbocycles. The van der Waals surface area contributed by atoms with Crippen LogP contribution in [0.25, 0.3) is 0 Å². The van der Waals surface area contributed by atoms with Crippen LogP contribution in [0.3, 0.4) is 0 Å². The minimum Gasteiger partial charge on any atom is -0.382 e. The van der Waals surface area contributed by atoms with E-state index in [1.807, 2.05) is 0 Å². The number of carbonyl (C=O) groups excluding carboxylic acids is 1. The van der Waals surface area contributed by atoms with E-state index in [0.29, 0.717) is 18.8 Å². The summed E-state index contributed by atoms with van der Waals surface area (Å²) < 4.78 is 0. The molecule has 0 heterocycles. The minimum atomic E-state index is -1.05. The summed E-state index contributed by atoms with van der Waals surface area (Å²) in [5.41, 5.74) is -0.867. The topological polar surface area (TPSA) is 37.3 Å². The standard InChI is InChI=1S/C11H20O2/c1-10(2,3)8-5-6-11(4,13)9(12)7-8/h8,13H,5-7H2,1-4H3/t8-,11-/m0/s1. The molecule has 0 aromatic rings. The lowest BCUT2D eigenvalue weighted by atomic mass is 9.68. The van der Waals surface area contributed by atoms with Crippen LogP contribution in [0.5, 0.6) is 0 Å². The number of ketones is 1. The van der Waals surface area contributed by atoms with Gasteiger partial charge in [-0.05, 0) is 31.1 Å². The van der Waals surface area contributed by atoms with Crippen LogP contribution in [-0.2, 0) is 4.79 Å². The molecule has 1 N–H and O–H groups in total. The van der Waals surface area contributed by atoms with Crippen molar-refractivity contribution in [3.63, 3.8) is 0 Å². The molecule has 1 rings (SSSR count). The first-order chi connectivity index (χ1) is 5.73. The molecule has 2 heteroatoms. The average molecular weight is 184 g/mol. The van der Waals surface area contributed by atoms with Gasteiger partial charge in [-0.1, -0.05) is 20.8 Å². The Morgan fingerprint density at radius 2 is 2.00 bits per heavy atom. The van der Waals surface area contributed by atoms with Crippen molar-refractivity contribution in [1.82, 2.24) is 0 Å². The van der Waals surface area contributed by atoms with Crippen LogP contribution in [0.2, 0.25) is 0 Å². The third-order valence-electron chi connectivity index (χ3n) is 3.24. The van der Waals surface area contributed by atoms with Gasteiger partial charge < -0.3 is 5.11 Å². The molecule has 13 heavy (non-hydrogen) atoms. The van der Waals surface area contributed by atoms with Crippen molar-refractivity contribution in [2.24, 2.45) is 11.3 Å². The van der Waals surface area contributed by atoms with Crippen LogP contribution in [0.4, 0.5) is 0 Å². The van der Waals surface area contributed by atoms with Crippen molar-refractivity contribution in [2.75, 3.05) is 0 Å². The largest absolute Gasteiger partial charge is 0.382 e. The normalized spacial score (nSPS) is 36.4. The molecule has 0 aliphatic heterocycles. The molecular formula is C11H20O2. The monoisotopic (exact) mass is 184 g/mol. The second-order valence-corrected chi connectivity index (χ2v) is 5.50. The van der Waals surface area contributed by atoms with Crippen LogP contribution in [0.1, 0.15) is 47.0 Å². The highest BCUT2D eigenvalue weighted by Crippen LogP contribution is 2.39. The molecule has 0 spiro atoms. The lowest BCUT2D eigenvalue weighted by Crippen LogP contribution is -2.43. The Kier molecular flexibility index (Phi) is 2.54. The van der Waals surface area contributed by atoms with Gasteiger partial charge in [0.25, 0.3) is 0 Å². The quantitative estimate of drug-likeness (QED) is 0.626. The molecule has 2 atom stereocenters. The molecule has 1 aliphatic rings. The highest BCUT2D eigenvalue weighted by atomic mass is 16.3. The van der Waals surface area contributed by atoms with Crippen molar-refractivity contribution in [1.29, 1.82) is 0 Å². The van der Waals surface area contributed by atoms with Crippen molar-refractivity contribution < 1.29 is 9.90 Å². The Morgan fingerprint density at radius 3 is 2.38 bits per heavy atom. The predicted molar refractivity (Wildman–Crippen MR) is 52.4 cm³/mol. The maximum atomic E-state index is 11.5. The van der Waals surface area contributed by atoms with Gasteiger partial charge in [-0.25, -0.2) is 0 Å². The zero-order chi connectivity index (χ0) is 10.3. The SMILES string of the molecule is CC(C)(C)[C@H]1CC[C@](C)(O)C(=O)C1. The molecule has 1 fully saturated rings. The zero-order valence-electron chi connectivity index (χ0n) is 9.05. The fourth-order valence-corrected chi connectivity index (χ4v) is 1.88. The zero-order valence-corrected chi connectivity index (χ0v) is 9.05. The van der Waals surface area contributed by atoms with Crippen LogP contribution in [-0.4, -0.2) is 16.5 Å². The summed E-state index contributed by atoms with van der Waals surface area (Å²) >= 11 is 0. The van der Waals surface area contributed by atoms with Gasteiger partial charge in [0.2, 0.25) is 0 Å². The summed E-state index contributed by atoms with van der Waals surface area (Å²) in [6, 6.07) is 0. The van der Waals surface area contributed by atoms with E-state index in [4.69, 9.17) is 0 Å². The second-order valence-electron chi connectivity index (χ2n) is 5.50. The van der Waals surface area contributed by atoms with Crippen molar-refractivity contribution >= 4 is 5.78 Å². The summed E-state index contributed by atoms with van der Waals surface area (Å²) in [6.45, 7) is 8.11. The highest BCUT2D eigenvalue weighted by molar-refractivity contribution is 5.87. The predicted octanol–water partition coefficient (Wildman–Crippen LogP) is 2.15. The lowest BCUT2D eigenvalue weighted by molar-refractivity contribution is -0.142. The number of rotatable bonds is 0. The van der Waals surface area contributed by atoms with E-state index in [1.165, 1.54) is 0 Å². The van der Waals surface area contributed by atoms with Crippen molar-refractivity contribution in [2.45, 2.75) is 52.6 Å². The second kappa shape index (κ2) is 3.09. The molecular weight excluding hydrogens is 164 g/mol. The fraction of sp³-hybridized carbons (Fsp3) is 0.909. The summed E-state index contributed by atoms with van der Waals surface area (Å²) in [5.74, 6) is 0.443. The number of hydrogen-bond donors (Lipinski definition) is 1. The first kappa shape index (κ1) is 10.7. The fourth-order valence-electron chi connectivity index (χ4n) is 1.88. The van der Waals surface area contributed by atoms with Gasteiger partial charge in [-0.2, -0.15) is 0 Å². The molecule has 0 saturated heterocycles. The Morgan fingerprint density at radius 1 is 1.46 bits per heavy atom. The van der Waals surface area contributed by atoms with Gasteiger partial charge in [0.1, 0.15) is 5.60 Å². The summed E-state index contributed by atoms with van der Waals surface area (Å²) in [6.07, 6.45) is 2.12. The molecule has 0 amide bonds. The van der Waals surface area contributed by atoms with Gasteiger partial charge in [0.05, 0.1) is 0 Å². The van der Waals surface area contributed by atoms with E-state index in [1.54, 1.807) is 6.92 Å². The van der Waals surface area contributed by atoms with E-state index in [0.717, 1.165) is 6.42 Å². The molecule has 0 unspecified atom stereocenters. The molecule has 0 aromatic carbocycles. The third kappa shape index (κ3) is 2.31. The molecule has 0 bridgehead atoms. The first-order valence-corrected chi connectivity index (χ1v) is 4.99. The molecule has 76 valence electrons. The first-order valence-electron chi connectivity index (χ1n) is 4.99. The molecule has 0 radical (unpaired) electrons. The minimum absolute atomic E-state index is 0.0127. The molecule has 2 nitrogen and oxygen atoms in total. The van der Waals surface area contributed by atoms with Crippen molar-refractivity contribution in [3.8, 4) is 0 Å². The van der Waals surface area contributed by atoms with Gasteiger partial charge in [-0.15, -0.1) is 0 Å². The molecule has 0 aromatic heterocycles. The highest BCUT2D eigenvalue weighted by Gasteiger charge is 2.40. The Balaban J connectivity index is 2.67. The van der Waals surface area contributed by atoms with Crippen LogP contribution < -0.4 is 0 Å². The maximum Gasteiger partial charge on any atom is 0.164 e. The Bertz CT molecular complexity index is 211. The Labute approximate surface area is 80.3 Å². The van der Waals surface area contributed by atoms with Gasteiger partial charge in [0.15, 0.2) is 5.78 Å². The van der Waals surface area contributed by atoms with E-state index in [-0.39, 0.29) is 11.2 Å². The van der Waals surface area contributed by atoms with Gasteiger partial charge in [0, 0.05) is 6.42 Å². The van der Waals surface area contributed by atoms with Gasteiger partial charge >= 0.3 is 0 Å². The van der Waals surface area contributed by atoms with E-state index < -0.39 is 5.60 Å². The van der Waals surface area contributed by atoms with E-state index in [9.17, 15) is 9.90 Å². The number of aliphatic hydroxyl groups is 1. The lowest BCUT2D eigenvalue weighted by Gasteiger charge is -2.38. The third-order valence-corrected chi connectivity index (χ3v) is 3.24. The summed E-state index contributed by atoms with van der Waals surface area (Å²) in [7, 11) is 0. The van der Waals surface area contributed by atoms with E-state index >= 15 is 0 Å². The van der Waals surface area contributed by atoms with Gasteiger partial charge in [-0.3, -0.25) is 4.79 Å².